The number of unbranched alkanes of at least 4 members (excludes halogenated alkanes) is 1. The van der Waals surface area contributed by atoms with Gasteiger partial charge in [0.2, 0.25) is 0 Å². The standard InChI is InChI=1S/C21H32/c1-4-6-7-8-19-11-15-21(16-12-19)17(3)20-13-9-18(5-2)10-14-20/h4,9-10,13-14,17,19,21H,1,5-8,11-12,15-16H2,2-3H3. The van der Waals surface area contributed by atoms with Crippen molar-refractivity contribution in [2.24, 2.45) is 11.8 Å². The van der Waals surface area contributed by atoms with Gasteiger partial charge in [0.05, 0.1) is 0 Å². The number of hydrogen-bond acceptors (Lipinski definition) is 0. The van der Waals surface area contributed by atoms with Crippen LogP contribution in [0.3, 0.4) is 0 Å². The Morgan fingerprint density at radius 2 is 1.81 bits per heavy atom. The van der Waals surface area contributed by atoms with Crippen molar-refractivity contribution < 1.29 is 0 Å². The Kier molecular flexibility index (Phi) is 6.54. The molecule has 0 nitrogen and oxygen atoms in total. The van der Waals surface area contributed by atoms with E-state index in [1.54, 1.807) is 5.56 Å². The number of allylic oxidation sites excluding steroid dienone is 1. The van der Waals surface area contributed by atoms with Crippen molar-refractivity contribution in [3.05, 3.63) is 48.0 Å². The molecular weight excluding hydrogens is 252 g/mol. The normalized spacial score (nSPS) is 23.7. The van der Waals surface area contributed by atoms with Gasteiger partial charge in [-0.3, -0.25) is 0 Å². The molecule has 0 aromatic heterocycles. The van der Waals surface area contributed by atoms with Gasteiger partial charge in [0.25, 0.3) is 0 Å². The second-order valence-electron chi connectivity index (χ2n) is 6.88. The first kappa shape index (κ1) is 16.3. The summed E-state index contributed by atoms with van der Waals surface area (Å²) in [5.74, 6) is 2.61. The Hall–Kier alpha value is -1.04. The molecule has 1 aromatic rings. The van der Waals surface area contributed by atoms with Crippen molar-refractivity contribution in [2.45, 2.75) is 71.1 Å². The van der Waals surface area contributed by atoms with Crippen molar-refractivity contribution >= 4 is 0 Å². The van der Waals surface area contributed by atoms with Crippen LogP contribution in [-0.4, -0.2) is 0 Å². The maximum atomic E-state index is 3.82. The minimum absolute atomic E-state index is 0.727. The second-order valence-corrected chi connectivity index (χ2v) is 6.88. The fraction of sp³-hybridized carbons (Fsp3) is 0.619. The van der Waals surface area contributed by atoms with Gasteiger partial charge in [-0.2, -0.15) is 0 Å². The van der Waals surface area contributed by atoms with Crippen LogP contribution in [0.4, 0.5) is 0 Å². The molecule has 1 unspecified atom stereocenters. The molecule has 1 saturated carbocycles. The zero-order valence-electron chi connectivity index (χ0n) is 14.0. The Labute approximate surface area is 131 Å². The summed E-state index contributed by atoms with van der Waals surface area (Å²) in [6.45, 7) is 8.49. The quantitative estimate of drug-likeness (QED) is 0.395. The van der Waals surface area contributed by atoms with Crippen LogP contribution in [0.25, 0.3) is 0 Å². The third kappa shape index (κ3) is 4.73. The predicted molar refractivity (Wildman–Crippen MR) is 93.7 cm³/mol. The molecule has 1 aromatic carbocycles. The fourth-order valence-electron chi connectivity index (χ4n) is 3.86. The van der Waals surface area contributed by atoms with Gasteiger partial charge in [0.1, 0.15) is 0 Å². The minimum Gasteiger partial charge on any atom is -0.103 e. The molecule has 0 aliphatic heterocycles. The highest BCUT2D eigenvalue weighted by molar-refractivity contribution is 5.25. The lowest BCUT2D eigenvalue weighted by atomic mass is 9.73. The van der Waals surface area contributed by atoms with Gasteiger partial charge >= 0.3 is 0 Å². The number of hydrogen-bond donors (Lipinski definition) is 0. The summed E-state index contributed by atoms with van der Waals surface area (Å²) in [7, 11) is 0. The van der Waals surface area contributed by atoms with Crippen molar-refractivity contribution in [2.75, 3.05) is 0 Å². The van der Waals surface area contributed by atoms with E-state index in [0.29, 0.717) is 0 Å². The lowest BCUT2D eigenvalue weighted by molar-refractivity contribution is 0.237. The van der Waals surface area contributed by atoms with Crippen LogP contribution in [0, 0.1) is 11.8 Å². The van der Waals surface area contributed by atoms with Crippen LogP contribution in [0.2, 0.25) is 0 Å². The number of aryl methyl sites for hydroxylation is 1. The molecule has 116 valence electrons. The minimum atomic E-state index is 0.727. The van der Waals surface area contributed by atoms with Gasteiger partial charge in [-0.25, -0.2) is 0 Å². The number of benzene rings is 1. The highest BCUT2D eigenvalue weighted by Crippen LogP contribution is 2.39. The molecule has 0 heterocycles. The summed E-state index contributed by atoms with van der Waals surface area (Å²) in [6, 6.07) is 9.35. The van der Waals surface area contributed by atoms with Gasteiger partial charge in [-0.15, -0.1) is 6.58 Å². The van der Waals surface area contributed by atoms with Gasteiger partial charge < -0.3 is 0 Å². The fourth-order valence-corrected chi connectivity index (χ4v) is 3.86. The van der Waals surface area contributed by atoms with Gasteiger partial charge in [0, 0.05) is 0 Å². The van der Waals surface area contributed by atoms with Crippen LogP contribution >= 0.6 is 0 Å². The van der Waals surface area contributed by atoms with Crippen molar-refractivity contribution in [3.63, 3.8) is 0 Å². The van der Waals surface area contributed by atoms with Gasteiger partial charge in [0.15, 0.2) is 0 Å². The van der Waals surface area contributed by atoms with E-state index in [-0.39, 0.29) is 0 Å². The zero-order chi connectivity index (χ0) is 15.1. The molecule has 1 fully saturated rings. The van der Waals surface area contributed by atoms with E-state index in [1.165, 1.54) is 50.5 Å². The molecule has 0 heteroatoms. The van der Waals surface area contributed by atoms with E-state index in [9.17, 15) is 0 Å². The van der Waals surface area contributed by atoms with E-state index in [4.69, 9.17) is 0 Å². The molecule has 1 atom stereocenters. The van der Waals surface area contributed by atoms with Crippen LogP contribution in [-0.2, 0) is 6.42 Å². The summed E-state index contributed by atoms with van der Waals surface area (Å²) in [5.41, 5.74) is 3.00. The third-order valence-corrected chi connectivity index (χ3v) is 5.53. The topological polar surface area (TPSA) is 0 Å². The average molecular weight is 284 g/mol. The molecule has 0 spiro atoms. The van der Waals surface area contributed by atoms with Gasteiger partial charge in [-0.05, 0) is 61.0 Å². The smallest absolute Gasteiger partial charge is 0.0162 e. The molecule has 2 rings (SSSR count). The molecule has 1 aliphatic carbocycles. The van der Waals surface area contributed by atoms with Crippen molar-refractivity contribution in [3.8, 4) is 0 Å². The van der Waals surface area contributed by atoms with E-state index in [1.807, 2.05) is 0 Å². The van der Waals surface area contributed by atoms with Crippen molar-refractivity contribution in [1.29, 1.82) is 0 Å². The second kappa shape index (κ2) is 8.41. The summed E-state index contributed by atoms with van der Waals surface area (Å²) < 4.78 is 0. The first-order valence-electron chi connectivity index (χ1n) is 8.94. The zero-order valence-corrected chi connectivity index (χ0v) is 14.0. The Bertz CT molecular complexity index is 406. The van der Waals surface area contributed by atoms with E-state index >= 15 is 0 Å². The van der Waals surface area contributed by atoms with E-state index in [0.717, 1.165) is 24.2 Å². The van der Waals surface area contributed by atoms with Crippen molar-refractivity contribution in [1.82, 2.24) is 0 Å². The molecule has 0 amide bonds. The molecule has 1 aliphatic rings. The van der Waals surface area contributed by atoms with Crippen LogP contribution in [0.1, 0.15) is 75.8 Å². The van der Waals surface area contributed by atoms with Crippen LogP contribution in [0.15, 0.2) is 36.9 Å². The maximum Gasteiger partial charge on any atom is -0.0162 e. The lowest BCUT2D eigenvalue weighted by Crippen LogP contribution is -2.19. The van der Waals surface area contributed by atoms with Gasteiger partial charge in [-0.1, -0.05) is 63.5 Å². The highest BCUT2D eigenvalue weighted by Gasteiger charge is 2.25. The maximum absolute atomic E-state index is 3.82. The Morgan fingerprint density at radius 1 is 1.14 bits per heavy atom. The summed E-state index contributed by atoms with van der Waals surface area (Å²) in [5, 5.41) is 0. The summed E-state index contributed by atoms with van der Waals surface area (Å²) in [6.07, 6.45) is 12.9. The highest BCUT2D eigenvalue weighted by atomic mass is 14.3. The largest absolute Gasteiger partial charge is 0.103 e. The number of rotatable bonds is 7. The monoisotopic (exact) mass is 284 g/mol. The Morgan fingerprint density at radius 3 is 2.38 bits per heavy atom. The lowest BCUT2D eigenvalue weighted by Gasteiger charge is -2.32. The molecule has 0 bridgehead atoms. The van der Waals surface area contributed by atoms with E-state index in [2.05, 4.69) is 50.8 Å². The first-order chi connectivity index (χ1) is 10.2. The molecular formula is C21H32. The molecule has 21 heavy (non-hydrogen) atoms. The first-order valence-corrected chi connectivity index (χ1v) is 8.94. The predicted octanol–water partition coefficient (Wildman–Crippen LogP) is 6.52. The van der Waals surface area contributed by atoms with Crippen LogP contribution in [0.5, 0.6) is 0 Å². The van der Waals surface area contributed by atoms with E-state index < -0.39 is 0 Å². The third-order valence-electron chi connectivity index (χ3n) is 5.53. The summed E-state index contributed by atoms with van der Waals surface area (Å²) in [4.78, 5) is 0. The molecule has 0 saturated heterocycles. The summed E-state index contributed by atoms with van der Waals surface area (Å²) >= 11 is 0. The molecule has 0 radical (unpaired) electrons. The molecule has 0 N–H and O–H groups in total. The Balaban J connectivity index is 1.81. The van der Waals surface area contributed by atoms with Crippen LogP contribution < -0.4 is 0 Å². The SMILES string of the molecule is C=CCCCC1CCC(C(C)c2ccc(CC)cc2)CC1. The average Bonchev–Trinajstić information content (AvgIpc) is 2.55.